The number of likely N-dealkylation sites (tertiary alicyclic amines) is 1. The van der Waals surface area contributed by atoms with Crippen molar-refractivity contribution in [1.82, 2.24) is 10.2 Å². The lowest BCUT2D eigenvalue weighted by atomic mass is 9.69. The van der Waals surface area contributed by atoms with Gasteiger partial charge in [0.2, 0.25) is 0 Å². The topological polar surface area (TPSA) is 35.5 Å². The molecule has 0 aromatic heterocycles. The predicted octanol–water partition coefficient (Wildman–Crippen LogP) is 2.49. The molecule has 1 aliphatic heterocycles. The molecule has 0 aromatic carbocycles. The fourth-order valence-corrected chi connectivity index (χ4v) is 5.27. The van der Waals surface area contributed by atoms with Gasteiger partial charge in [-0.25, -0.2) is 0 Å². The molecular weight excluding hydrogens is 260 g/mol. The molecule has 3 rings (SSSR count). The van der Waals surface area contributed by atoms with Gasteiger partial charge in [-0.15, -0.1) is 0 Å². The highest BCUT2D eigenvalue weighted by molar-refractivity contribution is 4.96. The van der Waals surface area contributed by atoms with Crippen LogP contribution in [0.1, 0.15) is 52.9 Å². The van der Waals surface area contributed by atoms with E-state index < -0.39 is 0 Å². The molecule has 3 aliphatic rings. The number of hydrogen-bond donors (Lipinski definition) is 2. The van der Waals surface area contributed by atoms with E-state index in [1.807, 2.05) is 0 Å². The number of fused-ring (bicyclic) bond motifs is 1. The molecule has 122 valence electrons. The van der Waals surface area contributed by atoms with Gasteiger partial charge < -0.3 is 15.3 Å². The highest BCUT2D eigenvalue weighted by Gasteiger charge is 2.43. The molecule has 21 heavy (non-hydrogen) atoms. The zero-order valence-electron chi connectivity index (χ0n) is 14.1. The Kier molecular flexibility index (Phi) is 4.63. The first-order valence-corrected chi connectivity index (χ1v) is 9.12. The highest BCUT2D eigenvalue weighted by atomic mass is 16.3. The van der Waals surface area contributed by atoms with Crippen LogP contribution >= 0.6 is 0 Å². The zero-order valence-corrected chi connectivity index (χ0v) is 14.1. The van der Waals surface area contributed by atoms with Crippen LogP contribution in [0.5, 0.6) is 0 Å². The van der Waals surface area contributed by atoms with E-state index in [4.69, 9.17) is 0 Å². The fraction of sp³-hybridized carbons (Fsp3) is 1.00. The van der Waals surface area contributed by atoms with Crippen LogP contribution in [0.2, 0.25) is 0 Å². The summed E-state index contributed by atoms with van der Waals surface area (Å²) in [5.41, 5.74) is 0.506. The van der Waals surface area contributed by atoms with Crippen LogP contribution in [-0.2, 0) is 0 Å². The van der Waals surface area contributed by atoms with E-state index >= 15 is 0 Å². The summed E-state index contributed by atoms with van der Waals surface area (Å²) < 4.78 is 0. The minimum atomic E-state index is -0.0210. The van der Waals surface area contributed by atoms with E-state index in [0.717, 1.165) is 31.3 Å². The van der Waals surface area contributed by atoms with Crippen LogP contribution in [0.25, 0.3) is 0 Å². The van der Waals surface area contributed by atoms with Crippen LogP contribution in [0.3, 0.4) is 0 Å². The quantitative estimate of drug-likeness (QED) is 0.836. The van der Waals surface area contributed by atoms with Gasteiger partial charge in [-0.05, 0) is 55.9 Å². The molecule has 5 unspecified atom stereocenters. The third-order valence-corrected chi connectivity index (χ3v) is 6.37. The van der Waals surface area contributed by atoms with Crippen LogP contribution < -0.4 is 5.32 Å². The van der Waals surface area contributed by atoms with Crippen molar-refractivity contribution in [2.75, 3.05) is 26.2 Å². The monoisotopic (exact) mass is 294 g/mol. The summed E-state index contributed by atoms with van der Waals surface area (Å²) in [7, 11) is 0. The van der Waals surface area contributed by atoms with Gasteiger partial charge in [0.15, 0.2) is 0 Å². The third-order valence-electron chi connectivity index (χ3n) is 6.37. The van der Waals surface area contributed by atoms with Crippen LogP contribution in [0.15, 0.2) is 0 Å². The molecule has 0 amide bonds. The molecular formula is C18H34N2O. The average Bonchev–Trinajstić information content (AvgIpc) is 2.95. The Morgan fingerprint density at radius 2 is 2.00 bits per heavy atom. The highest BCUT2D eigenvalue weighted by Crippen LogP contribution is 2.42. The second-order valence-corrected chi connectivity index (χ2v) is 8.62. The molecule has 0 spiro atoms. The summed E-state index contributed by atoms with van der Waals surface area (Å²) >= 11 is 0. The van der Waals surface area contributed by atoms with E-state index in [1.165, 1.54) is 38.8 Å². The lowest BCUT2D eigenvalue weighted by Crippen LogP contribution is -2.47. The van der Waals surface area contributed by atoms with Gasteiger partial charge in [-0.1, -0.05) is 20.8 Å². The van der Waals surface area contributed by atoms with Crippen molar-refractivity contribution in [3.05, 3.63) is 0 Å². The SMILES string of the molecule is CCNC1CCC(C)(C)CC1CN1CC2CCC(O)C2C1. The maximum atomic E-state index is 10.1. The van der Waals surface area contributed by atoms with E-state index in [2.05, 4.69) is 31.0 Å². The van der Waals surface area contributed by atoms with Gasteiger partial charge in [0.25, 0.3) is 0 Å². The zero-order chi connectivity index (χ0) is 15.0. The number of aliphatic hydroxyl groups excluding tert-OH is 1. The van der Waals surface area contributed by atoms with Crippen molar-refractivity contribution in [3.8, 4) is 0 Å². The molecule has 3 heteroatoms. The van der Waals surface area contributed by atoms with Crippen LogP contribution in [0, 0.1) is 23.2 Å². The number of rotatable bonds is 4. The molecule has 5 atom stereocenters. The number of aliphatic hydroxyl groups is 1. The Labute approximate surface area is 130 Å². The first kappa shape index (κ1) is 15.8. The molecule has 0 bridgehead atoms. The van der Waals surface area contributed by atoms with E-state index in [0.29, 0.717) is 17.4 Å². The van der Waals surface area contributed by atoms with Crippen molar-refractivity contribution in [2.24, 2.45) is 23.2 Å². The summed E-state index contributed by atoms with van der Waals surface area (Å²) in [6.45, 7) is 11.8. The summed E-state index contributed by atoms with van der Waals surface area (Å²) in [6, 6.07) is 0.702. The van der Waals surface area contributed by atoms with Crippen molar-refractivity contribution >= 4 is 0 Å². The second-order valence-electron chi connectivity index (χ2n) is 8.62. The normalized spacial score (nSPS) is 43.1. The number of nitrogens with zero attached hydrogens (tertiary/aromatic N) is 1. The largest absolute Gasteiger partial charge is 0.393 e. The van der Waals surface area contributed by atoms with Crippen LogP contribution in [0.4, 0.5) is 0 Å². The Morgan fingerprint density at radius 1 is 1.19 bits per heavy atom. The summed E-state index contributed by atoms with van der Waals surface area (Å²) in [4.78, 5) is 2.66. The predicted molar refractivity (Wildman–Crippen MR) is 87.2 cm³/mol. The fourth-order valence-electron chi connectivity index (χ4n) is 5.27. The van der Waals surface area contributed by atoms with Crippen molar-refractivity contribution < 1.29 is 5.11 Å². The van der Waals surface area contributed by atoms with Crippen molar-refractivity contribution in [1.29, 1.82) is 0 Å². The third kappa shape index (κ3) is 3.46. The van der Waals surface area contributed by atoms with Gasteiger partial charge in [0.1, 0.15) is 0 Å². The summed E-state index contributed by atoms with van der Waals surface area (Å²) in [6.07, 6.45) is 6.29. The molecule has 1 heterocycles. The van der Waals surface area contributed by atoms with Crippen molar-refractivity contribution in [2.45, 2.75) is 65.0 Å². The maximum Gasteiger partial charge on any atom is 0.0583 e. The first-order chi connectivity index (χ1) is 9.98. The van der Waals surface area contributed by atoms with Gasteiger partial charge in [0, 0.05) is 31.6 Å². The maximum absolute atomic E-state index is 10.1. The van der Waals surface area contributed by atoms with Gasteiger partial charge >= 0.3 is 0 Å². The Hall–Kier alpha value is -0.120. The first-order valence-electron chi connectivity index (χ1n) is 9.12. The molecule has 2 saturated carbocycles. The molecule has 2 aliphatic carbocycles. The minimum Gasteiger partial charge on any atom is -0.393 e. The van der Waals surface area contributed by atoms with Gasteiger partial charge in [-0.2, -0.15) is 0 Å². The molecule has 3 fully saturated rings. The van der Waals surface area contributed by atoms with E-state index in [-0.39, 0.29) is 6.10 Å². The number of nitrogens with one attached hydrogen (secondary N) is 1. The second kappa shape index (κ2) is 6.17. The molecule has 0 radical (unpaired) electrons. The Bertz CT molecular complexity index is 357. The molecule has 0 aromatic rings. The van der Waals surface area contributed by atoms with Crippen LogP contribution in [-0.4, -0.2) is 48.3 Å². The lowest BCUT2D eigenvalue weighted by molar-refractivity contribution is 0.0947. The molecule has 2 N–H and O–H groups in total. The summed E-state index contributed by atoms with van der Waals surface area (Å²) in [5.74, 6) is 2.12. The lowest BCUT2D eigenvalue weighted by Gasteiger charge is -2.42. The smallest absolute Gasteiger partial charge is 0.0583 e. The minimum absolute atomic E-state index is 0.0210. The van der Waals surface area contributed by atoms with E-state index in [9.17, 15) is 5.11 Å². The van der Waals surface area contributed by atoms with Gasteiger partial charge in [0.05, 0.1) is 6.10 Å². The molecule has 1 saturated heterocycles. The molecule has 3 nitrogen and oxygen atoms in total. The standard InChI is InChI=1S/C18H34N2O/c1-4-19-16-7-8-18(2,3)9-14(16)11-20-10-13-5-6-17(21)15(13)12-20/h13-17,19,21H,4-12H2,1-3H3. The summed E-state index contributed by atoms with van der Waals surface area (Å²) in [5, 5.41) is 13.8. The van der Waals surface area contributed by atoms with E-state index in [1.54, 1.807) is 0 Å². The van der Waals surface area contributed by atoms with Crippen molar-refractivity contribution in [3.63, 3.8) is 0 Å². The number of hydrogen-bond acceptors (Lipinski definition) is 3. The average molecular weight is 294 g/mol. The van der Waals surface area contributed by atoms with Gasteiger partial charge in [-0.3, -0.25) is 0 Å². The Morgan fingerprint density at radius 3 is 2.71 bits per heavy atom. The Balaban J connectivity index is 1.59.